The van der Waals surface area contributed by atoms with Crippen molar-refractivity contribution in [3.8, 4) is 0 Å². The molecule has 0 aliphatic heterocycles. The molecule has 1 radical (unpaired) electrons. The zero-order valence-electron chi connectivity index (χ0n) is 10.9. The lowest BCUT2D eigenvalue weighted by molar-refractivity contribution is 0.0747. The van der Waals surface area contributed by atoms with Crippen LogP contribution in [0.2, 0.25) is 0 Å². The number of carbonyl (C=O) groups is 1. The van der Waals surface area contributed by atoms with Gasteiger partial charge in [-0.1, -0.05) is 31.9 Å². The molecule has 0 spiro atoms. The molecule has 0 atom stereocenters. The van der Waals surface area contributed by atoms with E-state index in [-0.39, 0.29) is 5.91 Å². The number of unbranched alkanes of at least 4 members (excludes halogenated alkanes) is 2. The first-order chi connectivity index (χ1) is 9.31. The molecular weight excluding hydrogens is 274 g/mol. The molecule has 0 saturated heterocycles. The molecule has 2 nitrogen and oxygen atoms in total. The van der Waals surface area contributed by atoms with Crippen molar-refractivity contribution in [2.24, 2.45) is 0 Å². The third kappa shape index (κ3) is 4.18. The Morgan fingerprint density at radius 1 is 1.16 bits per heavy atom. The number of carbonyl (C=O) groups excluding carboxylic acids is 1. The molecule has 0 bridgehead atoms. The molecular formula is C15H18NOS2. The SMILES string of the molecule is [CH2]CCCCN(Cc1cccs1)C(=O)c1cccs1. The predicted molar refractivity (Wildman–Crippen MR) is 82.6 cm³/mol. The van der Waals surface area contributed by atoms with E-state index in [1.54, 1.807) is 11.3 Å². The van der Waals surface area contributed by atoms with Crippen LogP contribution in [0.25, 0.3) is 0 Å². The molecule has 2 aromatic heterocycles. The van der Waals surface area contributed by atoms with Gasteiger partial charge in [-0.15, -0.1) is 22.7 Å². The average Bonchev–Trinajstić information content (AvgIpc) is 3.10. The van der Waals surface area contributed by atoms with E-state index in [1.807, 2.05) is 28.5 Å². The van der Waals surface area contributed by atoms with E-state index >= 15 is 0 Å². The lowest BCUT2D eigenvalue weighted by Gasteiger charge is -2.21. The van der Waals surface area contributed by atoms with Crippen molar-refractivity contribution in [3.63, 3.8) is 0 Å². The molecule has 0 saturated carbocycles. The second-order valence-corrected chi connectivity index (χ2v) is 6.32. The fourth-order valence-corrected chi connectivity index (χ4v) is 3.29. The molecule has 2 rings (SSSR count). The Bertz CT molecular complexity index is 476. The molecule has 2 heterocycles. The molecule has 0 aliphatic carbocycles. The number of hydrogen-bond acceptors (Lipinski definition) is 3. The first-order valence-corrected chi connectivity index (χ1v) is 8.21. The summed E-state index contributed by atoms with van der Waals surface area (Å²) in [4.78, 5) is 16.5. The largest absolute Gasteiger partial charge is 0.333 e. The van der Waals surface area contributed by atoms with Crippen LogP contribution in [0.3, 0.4) is 0 Å². The summed E-state index contributed by atoms with van der Waals surface area (Å²) in [5.74, 6) is 0.146. The van der Waals surface area contributed by atoms with Crippen LogP contribution in [-0.4, -0.2) is 17.4 Å². The molecule has 0 aromatic carbocycles. The second-order valence-electron chi connectivity index (χ2n) is 4.34. The van der Waals surface area contributed by atoms with Crippen LogP contribution in [-0.2, 0) is 6.54 Å². The van der Waals surface area contributed by atoms with Crippen molar-refractivity contribution in [2.75, 3.05) is 6.54 Å². The quantitative estimate of drug-likeness (QED) is 0.690. The van der Waals surface area contributed by atoms with E-state index in [1.165, 1.54) is 16.2 Å². The monoisotopic (exact) mass is 292 g/mol. The smallest absolute Gasteiger partial charge is 0.264 e. The summed E-state index contributed by atoms with van der Waals surface area (Å²) in [5, 5.41) is 4.01. The highest BCUT2D eigenvalue weighted by atomic mass is 32.1. The van der Waals surface area contributed by atoms with E-state index in [0.717, 1.165) is 30.7 Å². The molecule has 4 heteroatoms. The van der Waals surface area contributed by atoms with Gasteiger partial charge >= 0.3 is 0 Å². The lowest BCUT2D eigenvalue weighted by Crippen LogP contribution is -2.30. The Morgan fingerprint density at radius 3 is 2.58 bits per heavy atom. The normalized spacial score (nSPS) is 10.6. The van der Waals surface area contributed by atoms with Crippen molar-refractivity contribution >= 4 is 28.6 Å². The summed E-state index contributed by atoms with van der Waals surface area (Å²) in [5.41, 5.74) is 0. The van der Waals surface area contributed by atoms with Crippen LogP contribution in [0, 0.1) is 6.92 Å². The summed E-state index contributed by atoms with van der Waals surface area (Å²) in [6.45, 7) is 5.38. The molecule has 0 aliphatic rings. The zero-order chi connectivity index (χ0) is 13.5. The summed E-state index contributed by atoms with van der Waals surface area (Å²) in [6.07, 6.45) is 3.02. The number of nitrogens with zero attached hydrogens (tertiary/aromatic N) is 1. The van der Waals surface area contributed by atoms with Crippen molar-refractivity contribution in [1.82, 2.24) is 4.90 Å². The number of thiophene rings is 2. The molecule has 19 heavy (non-hydrogen) atoms. The third-order valence-corrected chi connectivity index (χ3v) is 4.59. The van der Waals surface area contributed by atoms with Gasteiger partial charge in [0.25, 0.3) is 5.91 Å². The van der Waals surface area contributed by atoms with E-state index in [4.69, 9.17) is 0 Å². The maximum Gasteiger partial charge on any atom is 0.264 e. The fraction of sp³-hybridized carbons (Fsp3) is 0.333. The Morgan fingerprint density at radius 2 is 1.95 bits per heavy atom. The highest BCUT2D eigenvalue weighted by molar-refractivity contribution is 7.12. The average molecular weight is 292 g/mol. The van der Waals surface area contributed by atoms with Crippen molar-refractivity contribution in [3.05, 3.63) is 51.7 Å². The molecule has 1 amide bonds. The summed E-state index contributed by atoms with van der Waals surface area (Å²) < 4.78 is 0. The summed E-state index contributed by atoms with van der Waals surface area (Å²) in [7, 11) is 0. The van der Waals surface area contributed by atoms with Gasteiger partial charge < -0.3 is 4.90 Å². The number of rotatable bonds is 7. The van der Waals surface area contributed by atoms with Crippen molar-refractivity contribution in [1.29, 1.82) is 0 Å². The predicted octanol–water partition coefficient (Wildman–Crippen LogP) is 4.46. The fourth-order valence-electron chi connectivity index (χ4n) is 1.88. The maximum absolute atomic E-state index is 12.5. The Hall–Kier alpha value is -1.13. The van der Waals surface area contributed by atoms with Crippen molar-refractivity contribution in [2.45, 2.75) is 25.8 Å². The van der Waals surface area contributed by atoms with E-state index < -0.39 is 0 Å². The van der Waals surface area contributed by atoms with Gasteiger partial charge in [0.1, 0.15) is 0 Å². The molecule has 0 N–H and O–H groups in total. The first kappa shape index (κ1) is 14.3. The molecule has 2 aromatic rings. The highest BCUT2D eigenvalue weighted by Gasteiger charge is 2.16. The van der Waals surface area contributed by atoms with E-state index in [2.05, 4.69) is 18.4 Å². The van der Waals surface area contributed by atoms with Gasteiger partial charge in [-0.2, -0.15) is 0 Å². The van der Waals surface area contributed by atoms with Gasteiger partial charge in [0, 0.05) is 11.4 Å². The first-order valence-electron chi connectivity index (χ1n) is 6.45. The van der Waals surface area contributed by atoms with Crippen molar-refractivity contribution < 1.29 is 4.79 Å². The number of amides is 1. The second kappa shape index (κ2) is 7.46. The van der Waals surface area contributed by atoms with Crippen LogP contribution >= 0.6 is 22.7 Å². The van der Waals surface area contributed by atoms with E-state index in [0.29, 0.717) is 6.54 Å². The zero-order valence-corrected chi connectivity index (χ0v) is 12.5. The van der Waals surface area contributed by atoms with Gasteiger partial charge in [-0.3, -0.25) is 4.79 Å². The minimum Gasteiger partial charge on any atom is -0.333 e. The van der Waals surface area contributed by atoms with Gasteiger partial charge in [0.15, 0.2) is 0 Å². The standard InChI is InChI=1S/C15H18NOS2/c1-2-3-4-9-16(12-13-7-5-10-18-13)15(17)14-8-6-11-19-14/h5-8,10-11H,1-4,9,12H2. The minimum atomic E-state index is 0.146. The van der Waals surface area contributed by atoms with Gasteiger partial charge in [0.05, 0.1) is 11.4 Å². The van der Waals surface area contributed by atoms with Crippen LogP contribution in [0.15, 0.2) is 35.0 Å². The lowest BCUT2D eigenvalue weighted by atomic mass is 10.2. The molecule has 0 unspecified atom stereocenters. The number of hydrogen-bond donors (Lipinski definition) is 0. The Kier molecular flexibility index (Phi) is 5.61. The topological polar surface area (TPSA) is 20.3 Å². The van der Waals surface area contributed by atoms with E-state index in [9.17, 15) is 4.79 Å². The summed E-state index contributed by atoms with van der Waals surface area (Å²) in [6, 6.07) is 7.94. The Labute approximate surface area is 122 Å². The molecule has 0 fully saturated rings. The maximum atomic E-state index is 12.5. The van der Waals surface area contributed by atoms with Crippen LogP contribution < -0.4 is 0 Å². The Balaban J connectivity index is 2.02. The highest BCUT2D eigenvalue weighted by Crippen LogP contribution is 2.17. The minimum absolute atomic E-state index is 0.146. The van der Waals surface area contributed by atoms with Gasteiger partial charge in [0.2, 0.25) is 0 Å². The molecule has 101 valence electrons. The van der Waals surface area contributed by atoms with Crippen LogP contribution in [0.5, 0.6) is 0 Å². The van der Waals surface area contributed by atoms with Gasteiger partial charge in [-0.05, 0) is 29.3 Å². The van der Waals surface area contributed by atoms with Gasteiger partial charge in [-0.25, -0.2) is 0 Å². The van der Waals surface area contributed by atoms with Crippen LogP contribution in [0.1, 0.15) is 33.8 Å². The third-order valence-electron chi connectivity index (χ3n) is 2.87. The summed E-state index contributed by atoms with van der Waals surface area (Å²) >= 11 is 3.21. The van der Waals surface area contributed by atoms with Crippen LogP contribution in [0.4, 0.5) is 0 Å².